The van der Waals surface area contributed by atoms with Gasteiger partial charge in [0, 0.05) is 23.2 Å². The number of rotatable bonds is 11. The second kappa shape index (κ2) is 21.3. The van der Waals surface area contributed by atoms with Gasteiger partial charge in [-0.2, -0.15) is 0 Å². The summed E-state index contributed by atoms with van der Waals surface area (Å²) in [5.41, 5.74) is 0.0775. The minimum Gasteiger partial charge on any atom is -0.396 e. The van der Waals surface area contributed by atoms with E-state index in [1.54, 1.807) is 19.1 Å². The molecule has 2 amide bonds. The number of carbonyl (C=O) groups excluding carboxylic acids is 2. The summed E-state index contributed by atoms with van der Waals surface area (Å²) in [6, 6.07) is 9.06. The number of unbranched alkanes of at least 4 members (excludes halogenated alkanes) is 2. The maximum absolute atomic E-state index is 12.6. The number of hydrogen-bond acceptors (Lipinski definition) is 5. The molecule has 2 rings (SSSR count). The SMILES string of the molecule is C.C=NC(=O)C(=C)C.CC.CCCCC(CCCC)[C@]1(NC(=S)NC(=O)c2ccccc2)COCC[C@@]1(C)CO. The van der Waals surface area contributed by atoms with Gasteiger partial charge in [0.1, 0.15) is 0 Å². The van der Waals surface area contributed by atoms with Crippen molar-refractivity contribution in [3.05, 3.63) is 48.0 Å². The summed E-state index contributed by atoms with van der Waals surface area (Å²) < 4.78 is 5.97. The minimum absolute atomic E-state index is 0. The molecular weight excluding hydrogens is 522 g/mol. The molecule has 1 aromatic carbocycles. The van der Waals surface area contributed by atoms with Gasteiger partial charge in [-0.25, -0.2) is 4.99 Å². The van der Waals surface area contributed by atoms with Crippen LogP contribution in [0, 0.1) is 11.3 Å². The van der Waals surface area contributed by atoms with Crippen molar-refractivity contribution < 1.29 is 19.4 Å². The summed E-state index contributed by atoms with van der Waals surface area (Å²) in [4.78, 5) is 25.9. The Morgan fingerprint density at radius 2 is 1.70 bits per heavy atom. The van der Waals surface area contributed by atoms with E-state index in [-0.39, 0.29) is 31.3 Å². The van der Waals surface area contributed by atoms with E-state index in [0.29, 0.717) is 35.4 Å². The highest BCUT2D eigenvalue weighted by Crippen LogP contribution is 2.46. The number of aliphatic hydroxyl groups excluding tert-OH is 1. The van der Waals surface area contributed by atoms with Crippen molar-refractivity contribution in [1.82, 2.24) is 10.6 Å². The highest BCUT2D eigenvalue weighted by Gasteiger charge is 2.54. The third-order valence-corrected chi connectivity index (χ3v) is 7.38. The Hall–Kier alpha value is -2.42. The number of nitrogens with one attached hydrogen (secondary N) is 2. The molecule has 1 aromatic rings. The Labute approximate surface area is 249 Å². The summed E-state index contributed by atoms with van der Waals surface area (Å²) >= 11 is 5.60. The van der Waals surface area contributed by atoms with Crippen molar-refractivity contribution in [2.24, 2.45) is 16.3 Å². The van der Waals surface area contributed by atoms with Crippen LogP contribution in [0.1, 0.15) is 104 Å². The second-order valence-corrected chi connectivity index (χ2v) is 10.4. The molecule has 7 nitrogen and oxygen atoms in total. The van der Waals surface area contributed by atoms with Gasteiger partial charge >= 0.3 is 0 Å². The van der Waals surface area contributed by atoms with Gasteiger partial charge in [0.15, 0.2) is 5.11 Å². The summed E-state index contributed by atoms with van der Waals surface area (Å²) in [6.45, 7) is 19.6. The molecule has 1 aliphatic rings. The van der Waals surface area contributed by atoms with Crippen LogP contribution in [0.4, 0.5) is 0 Å². The number of hydrogen-bond donors (Lipinski definition) is 3. The van der Waals surface area contributed by atoms with Crippen LogP contribution in [-0.2, 0) is 9.53 Å². The molecule has 0 unspecified atom stereocenters. The molecule has 228 valence electrons. The first-order chi connectivity index (χ1) is 18.6. The Balaban J connectivity index is 0. The van der Waals surface area contributed by atoms with Gasteiger partial charge < -0.3 is 15.2 Å². The second-order valence-electron chi connectivity index (χ2n) is 9.99. The normalized spacial score (nSPS) is 19.4. The van der Waals surface area contributed by atoms with Gasteiger partial charge in [0.25, 0.3) is 11.8 Å². The Bertz CT molecular complexity index is 901. The first kappa shape index (κ1) is 39.7. The molecule has 0 bridgehead atoms. The maximum atomic E-state index is 12.6. The first-order valence-electron chi connectivity index (χ1n) is 14.1. The third kappa shape index (κ3) is 12.0. The van der Waals surface area contributed by atoms with Gasteiger partial charge in [-0.1, -0.05) is 92.5 Å². The predicted molar refractivity (Wildman–Crippen MR) is 173 cm³/mol. The van der Waals surface area contributed by atoms with Gasteiger partial charge in [0.2, 0.25) is 0 Å². The fourth-order valence-corrected chi connectivity index (χ4v) is 4.99. The zero-order valence-electron chi connectivity index (χ0n) is 25.0. The molecule has 0 aromatic heterocycles. The largest absolute Gasteiger partial charge is 0.396 e. The predicted octanol–water partition coefficient (Wildman–Crippen LogP) is 6.90. The average Bonchev–Trinajstić information content (AvgIpc) is 2.95. The van der Waals surface area contributed by atoms with E-state index in [9.17, 15) is 14.7 Å². The lowest BCUT2D eigenvalue weighted by molar-refractivity contribution is -0.114. The first-order valence-corrected chi connectivity index (χ1v) is 14.5. The summed E-state index contributed by atoms with van der Waals surface area (Å²) in [5, 5.41) is 17.1. The van der Waals surface area contributed by atoms with Crippen molar-refractivity contribution in [3.63, 3.8) is 0 Å². The van der Waals surface area contributed by atoms with E-state index < -0.39 is 5.54 Å². The number of nitrogens with zero attached hydrogens (tertiary/aromatic N) is 1. The molecule has 1 heterocycles. The lowest BCUT2D eigenvalue weighted by Gasteiger charge is -2.55. The highest BCUT2D eigenvalue weighted by atomic mass is 32.1. The Kier molecular flexibility index (Phi) is 21.2. The Morgan fingerprint density at radius 3 is 2.12 bits per heavy atom. The minimum atomic E-state index is -0.522. The van der Waals surface area contributed by atoms with Gasteiger partial charge in [-0.05, 0) is 63.2 Å². The van der Waals surface area contributed by atoms with Crippen LogP contribution in [0.25, 0.3) is 0 Å². The standard InChI is InChI=1S/C24H38N2O3S.C5H7NO.C2H6.CH4/c1-4-6-13-20(14-7-5-2)24(18-29-16-15-23(24,3)17-27)26-22(30)25-21(28)19-11-9-8-10-12-19;1-4(2)5(7)6-3;1-2;/h8-12,20,27H,4-7,13-18H2,1-3H3,(H2,25,26,28,30);1,3H2,2H3;1-2H3;1H4/t23-,24+;;;/m0.../s1. The quantitative estimate of drug-likeness (QED) is 0.150. The van der Waals surface area contributed by atoms with Gasteiger partial charge in [-0.3, -0.25) is 14.9 Å². The molecule has 0 spiro atoms. The zero-order chi connectivity index (χ0) is 29.9. The molecule has 8 heteroatoms. The molecule has 1 fully saturated rings. The highest BCUT2D eigenvalue weighted by molar-refractivity contribution is 7.80. The van der Waals surface area contributed by atoms with Crippen LogP contribution in [0.2, 0.25) is 0 Å². The van der Waals surface area contributed by atoms with Crippen LogP contribution < -0.4 is 10.6 Å². The number of ether oxygens (including phenoxy) is 1. The van der Waals surface area contributed by atoms with Crippen molar-refractivity contribution in [2.75, 3.05) is 19.8 Å². The van der Waals surface area contributed by atoms with Crippen LogP contribution in [-0.4, -0.2) is 54.1 Å². The van der Waals surface area contributed by atoms with Crippen LogP contribution in [0.15, 0.2) is 47.5 Å². The molecule has 0 radical (unpaired) electrons. The van der Waals surface area contributed by atoms with E-state index in [2.05, 4.69) is 49.7 Å². The van der Waals surface area contributed by atoms with Crippen molar-refractivity contribution in [3.8, 4) is 0 Å². The van der Waals surface area contributed by atoms with Crippen molar-refractivity contribution >= 4 is 35.9 Å². The number of thiocarbonyl (C=S) groups is 1. The molecule has 1 saturated heterocycles. The fraction of sp³-hybridized carbons (Fsp3) is 0.625. The molecule has 2 atom stereocenters. The summed E-state index contributed by atoms with van der Waals surface area (Å²) in [5.74, 6) is -0.272. The van der Waals surface area contributed by atoms with Crippen molar-refractivity contribution in [1.29, 1.82) is 0 Å². The lowest BCUT2D eigenvalue weighted by Crippen LogP contribution is -2.70. The molecule has 0 saturated carbocycles. The smallest absolute Gasteiger partial charge is 0.271 e. The van der Waals surface area contributed by atoms with Crippen LogP contribution in [0.5, 0.6) is 0 Å². The van der Waals surface area contributed by atoms with Crippen LogP contribution in [0.3, 0.4) is 0 Å². The van der Waals surface area contributed by atoms with E-state index in [0.717, 1.165) is 44.9 Å². The molecule has 1 aliphatic heterocycles. The lowest BCUT2D eigenvalue weighted by atomic mass is 9.60. The molecular formula is C32H55N3O4S. The topological polar surface area (TPSA) is 100 Å². The average molecular weight is 578 g/mol. The van der Waals surface area contributed by atoms with E-state index in [1.165, 1.54) is 0 Å². The number of aliphatic hydroxyl groups is 1. The molecule has 0 aliphatic carbocycles. The van der Waals surface area contributed by atoms with E-state index in [4.69, 9.17) is 17.0 Å². The number of benzene rings is 1. The van der Waals surface area contributed by atoms with E-state index >= 15 is 0 Å². The molecule has 3 N–H and O–H groups in total. The third-order valence-electron chi connectivity index (χ3n) is 7.17. The monoisotopic (exact) mass is 577 g/mol. The summed E-state index contributed by atoms with van der Waals surface area (Å²) in [7, 11) is 0. The van der Waals surface area contributed by atoms with Crippen molar-refractivity contribution in [2.45, 2.75) is 99.5 Å². The van der Waals surface area contributed by atoms with E-state index in [1.807, 2.05) is 32.0 Å². The number of carbonyl (C=O) groups is 2. The molecule has 40 heavy (non-hydrogen) atoms. The maximum Gasteiger partial charge on any atom is 0.271 e. The number of amides is 2. The van der Waals surface area contributed by atoms with Gasteiger partial charge in [-0.15, -0.1) is 0 Å². The zero-order valence-corrected chi connectivity index (χ0v) is 25.8. The number of aliphatic imine (C=N–C) groups is 1. The van der Waals surface area contributed by atoms with Crippen LogP contribution >= 0.6 is 12.2 Å². The summed E-state index contributed by atoms with van der Waals surface area (Å²) in [6.07, 6.45) is 7.29. The Morgan fingerprint density at radius 1 is 1.15 bits per heavy atom. The fourth-order valence-electron chi connectivity index (χ4n) is 4.72. The van der Waals surface area contributed by atoms with Gasteiger partial charge in [0.05, 0.1) is 18.8 Å².